The van der Waals surface area contributed by atoms with Gasteiger partial charge in [-0.3, -0.25) is 4.79 Å². The van der Waals surface area contributed by atoms with E-state index in [4.69, 9.17) is 15.3 Å². The first-order valence-electron chi connectivity index (χ1n) is 11.0. The quantitative estimate of drug-likeness (QED) is 0.326. The molecule has 2 aliphatic rings. The number of fused-ring (bicyclic) bond motifs is 1. The zero-order valence-corrected chi connectivity index (χ0v) is 19.8. The number of carboxylic acids is 2. The molecule has 0 bridgehead atoms. The van der Waals surface area contributed by atoms with Crippen LogP contribution in [0.2, 0.25) is 0 Å². The van der Waals surface area contributed by atoms with Gasteiger partial charge < -0.3 is 35.2 Å². The van der Waals surface area contributed by atoms with E-state index in [1.165, 1.54) is 30.5 Å². The van der Waals surface area contributed by atoms with E-state index in [1.807, 2.05) is 9.47 Å². The molecule has 0 unspecified atom stereocenters. The first-order chi connectivity index (χ1) is 16.7. The molecule has 1 aliphatic heterocycles. The molecule has 192 valence electrons. The molecular formula is C24H25ClFN3O7. The van der Waals surface area contributed by atoms with Crippen LogP contribution in [0, 0.1) is 5.82 Å². The molecule has 0 radical (unpaired) electrons. The summed E-state index contributed by atoms with van der Waals surface area (Å²) in [7, 11) is 0. The number of phenolic OH excluding ortho intramolecular Hbond substituents is 1. The highest BCUT2D eigenvalue weighted by atomic mass is 35.5. The molecule has 5 rings (SSSR count). The SMILES string of the molecule is Cl.O=C(O)c1cccc(O)c1O.O=C(O)c1cn(C2CC2)c2cc(N3CCNCC3)c(F)cc2c1=O. The van der Waals surface area contributed by atoms with Crippen LogP contribution in [-0.2, 0) is 0 Å². The second-order valence-corrected chi connectivity index (χ2v) is 8.35. The molecule has 0 amide bonds. The fraction of sp³-hybridized carbons (Fsp3) is 0.292. The van der Waals surface area contributed by atoms with E-state index >= 15 is 0 Å². The van der Waals surface area contributed by atoms with Crippen molar-refractivity contribution in [2.24, 2.45) is 0 Å². The highest BCUT2D eigenvalue weighted by Crippen LogP contribution is 2.38. The Morgan fingerprint density at radius 3 is 2.19 bits per heavy atom. The lowest BCUT2D eigenvalue weighted by Crippen LogP contribution is -2.43. The molecule has 0 spiro atoms. The number of carboxylic acid groups (broad SMARTS) is 2. The predicted molar refractivity (Wildman–Crippen MR) is 132 cm³/mol. The van der Waals surface area contributed by atoms with Gasteiger partial charge in [-0.1, -0.05) is 6.07 Å². The third kappa shape index (κ3) is 5.37. The Balaban J connectivity index is 0.000000256. The van der Waals surface area contributed by atoms with E-state index in [0.29, 0.717) is 24.3 Å². The molecule has 3 aromatic rings. The number of carbonyl (C=O) groups is 2. The number of anilines is 1. The Hall–Kier alpha value is -3.83. The Morgan fingerprint density at radius 1 is 1.00 bits per heavy atom. The van der Waals surface area contributed by atoms with Gasteiger partial charge in [-0.15, -0.1) is 12.4 Å². The van der Waals surface area contributed by atoms with Crippen LogP contribution in [-0.4, -0.2) is 63.1 Å². The maximum absolute atomic E-state index is 14.6. The second-order valence-electron chi connectivity index (χ2n) is 8.35. The Morgan fingerprint density at radius 2 is 1.64 bits per heavy atom. The topological polar surface area (TPSA) is 152 Å². The summed E-state index contributed by atoms with van der Waals surface area (Å²) in [6.45, 7) is 2.96. The van der Waals surface area contributed by atoms with Gasteiger partial charge in [-0.05, 0) is 37.1 Å². The van der Waals surface area contributed by atoms with Crippen molar-refractivity contribution < 1.29 is 34.4 Å². The highest BCUT2D eigenvalue weighted by Gasteiger charge is 2.28. The summed E-state index contributed by atoms with van der Waals surface area (Å²) in [6.07, 6.45) is 3.29. The van der Waals surface area contributed by atoms with Crippen LogP contribution in [0.1, 0.15) is 39.6 Å². The molecule has 10 nitrogen and oxygen atoms in total. The van der Waals surface area contributed by atoms with Crippen LogP contribution in [0.5, 0.6) is 11.5 Å². The summed E-state index contributed by atoms with van der Waals surface area (Å²) in [4.78, 5) is 36.0. The molecule has 2 aromatic carbocycles. The van der Waals surface area contributed by atoms with Gasteiger partial charge >= 0.3 is 11.9 Å². The standard InChI is InChI=1S/C17H18FN3O3.C7H6O4.ClH/c18-13-7-11-14(8-15(13)20-5-3-19-4-6-20)21(10-1-2-10)9-12(16(11)22)17(23)24;8-5-3-1-2-4(6(5)9)7(10)11;/h7-10,19H,1-6H2,(H,23,24);1-3,8-9H,(H,10,11);1H. The second kappa shape index (κ2) is 10.8. The van der Waals surface area contributed by atoms with Gasteiger partial charge in [0.25, 0.3) is 0 Å². The van der Waals surface area contributed by atoms with Crippen molar-refractivity contribution in [3.63, 3.8) is 0 Å². The summed E-state index contributed by atoms with van der Waals surface area (Å²) >= 11 is 0. The average molecular weight is 522 g/mol. The summed E-state index contributed by atoms with van der Waals surface area (Å²) in [5.41, 5.74) is -0.141. The summed E-state index contributed by atoms with van der Waals surface area (Å²) < 4.78 is 16.4. The normalized spacial score (nSPS) is 15.0. The van der Waals surface area contributed by atoms with Crippen molar-refractivity contribution in [2.75, 3.05) is 31.1 Å². The monoisotopic (exact) mass is 521 g/mol. The van der Waals surface area contributed by atoms with E-state index < -0.39 is 34.7 Å². The maximum atomic E-state index is 14.6. The van der Waals surface area contributed by atoms with Crippen molar-refractivity contribution >= 4 is 40.9 Å². The molecule has 1 aromatic heterocycles. The number of rotatable bonds is 4. The van der Waals surface area contributed by atoms with Gasteiger partial charge in [-0.2, -0.15) is 0 Å². The Bertz CT molecular complexity index is 1370. The number of aromatic carboxylic acids is 2. The van der Waals surface area contributed by atoms with E-state index in [0.717, 1.165) is 25.9 Å². The number of halogens is 2. The minimum absolute atomic E-state index is 0. The molecule has 36 heavy (non-hydrogen) atoms. The Labute approximate surface area is 210 Å². The molecule has 2 heterocycles. The summed E-state index contributed by atoms with van der Waals surface area (Å²) in [5.74, 6) is -4.04. The van der Waals surface area contributed by atoms with Crippen molar-refractivity contribution in [3.8, 4) is 11.5 Å². The number of phenols is 2. The fourth-order valence-electron chi connectivity index (χ4n) is 4.02. The third-order valence-corrected chi connectivity index (χ3v) is 5.97. The molecule has 0 atom stereocenters. The number of nitrogens with zero attached hydrogens (tertiary/aromatic N) is 2. The molecule has 1 saturated carbocycles. The van der Waals surface area contributed by atoms with Gasteiger partial charge in [0.2, 0.25) is 5.43 Å². The van der Waals surface area contributed by atoms with Crippen LogP contribution in [0.3, 0.4) is 0 Å². The minimum atomic E-state index is -1.28. The van der Waals surface area contributed by atoms with Crippen LogP contribution in [0.25, 0.3) is 10.9 Å². The lowest BCUT2D eigenvalue weighted by Gasteiger charge is -2.30. The largest absolute Gasteiger partial charge is 0.504 e. The van der Waals surface area contributed by atoms with Crippen LogP contribution in [0.15, 0.2) is 41.3 Å². The molecule has 5 N–H and O–H groups in total. The number of pyridine rings is 1. The number of nitrogens with one attached hydrogen (secondary N) is 1. The van der Waals surface area contributed by atoms with Gasteiger partial charge in [-0.25, -0.2) is 14.0 Å². The zero-order chi connectivity index (χ0) is 25.3. The number of aromatic nitrogens is 1. The number of para-hydroxylation sites is 1. The first kappa shape index (κ1) is 26.8. The predicted octanol–water partition coefficient (Wildman–Crippen LogP) is 2.80. The van der Waals surface area contributed by atoms with Crippen molar-refractivity contribution in [1.29, 1.82) is 0 Å². The smallest absolute Gasteiger partial charge is 0.341 e. The Kier molecular flexibility index (Phi) is 8.06. The van der Waals surface area contributed by atoms with Gasteiger partial charge in [0.05, 0.1) is 11.2 Å². The summed E-state index contributed by atoms with van der Waals surface area (Å²) in [6, 6.07) is 6.84. The first-order valence-corrected chi connectivity index (χ1v) is 11.0. The molecule has 1 aliphatic carbocycles. The average Bonchev–Trinajstić information content (AvgIpc) is 3.67. The fourth-order valence-corrected chi connectivity index (χ4v) is 4.02. The number of benzene rings is 2. The lowest BCUT2D eigenvalue weighted by molar-refractivity contribution is 0.0683. The number of piperazine rings is 1. The van der Waals surface area contributed by atoms with E-state index in [1.54, 1.807) is 6.07 Å². The third-order valence-electron chi connectivity index (χ3n) is 5.97. The van der Waals surface area contributed by atoms with E-state index in [2.05, 4.69) is 5.32 Å². The van der Waals surface area contributed by atoms with Crippen LogP contribution < -0.4 is 15.6 Å². The van der Waals surface area contributed by atoms with Crippen LogP contribution in [0.4, 0.5) is 10.1 Å². The van der Waals surface area contributed by atoms with Gasteiger partial charge in [0.15, 0.2) is 11.5 Å². The number of hydrogen-bond donors (Lipinski definition) is 5. The van der Waals surface area contributed by atoms with Crippen molar-refractivity contribution in [2.45, 2.75) is 18.9 Å². The van der Waals surface area contributed by atoms with E-state index in [9.17, 15) is 23.9 Å². The van der Waals surface area contributed by atoms with Crippen molar-refractivity contribution in [1.82, 2.24) is 9.88 Å². The highest BCUT2D eigenvalue weighted by molar-refractivity contribution is 5.94. The lowest BCUT2D eigenvalue weighted by atomic mass is 10.1. The minimum Gasteiger partial charge on any atom is -0.504 e. The van der Waals surface area contributed by atoms with Crippen molar-refractivity contribution in [3.05, 3.63) is 63.7 Å². The van der Waals surface area contributed by atoms with Gasteiger partial charge in [0, 0.05) is 43.8 Å². The van der Waals surface area contributed by atoms with Crippen LogP contribution >= 0.6 is 12.4 Å². The number of hydrogen-bond acceptors (Lipinski definition) is 7. The summed E-state index contributed by atoms with van der Waals surface area (Å²) in [5, 5.41) is 38.8. The molecule has 12 heteroatoms. The number of aromatic hydroxyl groups is 2. The van der Waals surface area contributed by atoms with E-state index in [-0.39, 0.29) is 35.0 Å². The molecular weight excluding hydrogens is 497 g/mol. The van der Waals surface area contributed by atoms with Gasteiger partial charge in [0.1, 0.15) is 16.9 Å². The maximum Gasteiger partial charge on any atom is 0.341 e. The molecule has 1 saturated heterocycles. The molecule has 2 fully saturated rings. The zero-order valence-electron chi connectivity index (χ0n) is 19.0.